The second-order valence-corrected chi connectivity index (χ2v) is 4.80. The number of likely N-dealkylation sites (tertiary alicyclic amines) is 1. The topological polar surface area (TPSA) is 76.2 Å². The van der Waals surface area contributed by atoms with Crippen molar-refractivity contribution in [3.05, 3.63) is 15.9 Å². The predicted molar refractivity (Wildman–Crippen MR) is 68.7 cm³/mol. The SMILES string of the molecule is Cc1nc([N+](=O)[O-])c(NCC2CCCN2C)n1C. The Hall–Kier alpha value is -1.63. The van der Waals surface area contributed by atoms with Gasteiger partial charge in [-0.05, 0) is 36.3 Å². The second kappa shape index (κ2) is 4.93. The Morgan fingerprint density at radius 3 is 2.83 bits per heavy atom. The minimum absolute atomic E-state index is 0.0874. The Bertz CT molecular complexity index is 457. The fourth-order valence-corrected chi connectivity index (χ4v) is 2.37. The average Bonchev–Trinajstić information content (AvgIpc) is 2.83. The molecule has 0 amide bonds. The summed E-state index contributed by atoms with van der Waals surface area (Å²) in [5.74, 6) is 1.05. The Labute approximate surface area is 106 Å². The van der Waals surface area contributed by atoms with Gasteiger partial charge in [-0.1, -0.05) is 0 Å². The summed E-state index contributed by atoms with van der Waals surface area (Å²) in [6, 6.07) is 0.444. The Balaban J connectivity index is 2.11. The molecule has 1 atom stereocenters. The lowest BCUT2D eigenvalue weighted by atomic mass is 10.2. The molecule has 1 fully saturated rings. The molecule has 0 radical (unpaired) electrons. The van der Waals surface area contributed by atoms with E-state index in [1.165, 1.54) is 6.42 Å². The van der Waals surface area contributed by atoms with E-state index in [0.717, 1.165) is 19.5 Å². The highest BCUT2D eigenvalue weighted by Gasteiger charge is 2.26. The van der Waals surface area contributed by atoms with E-state index in [1.807, 2.05) is 0 Å². The molecule has 1 aromatic heterocycles. The van der Waals surface area contributed by atoms with Gasteiger partial charge >= 0.3 is 5.82 Å². The van der Waals surface area contributed by atoms with Gasteiger partial charge in [0.05, 0.1) is 0 Å². The summed E-state index contributed by atoms with van der Waals surface area (Å²) in [5, 5.41) is 14.1. The third-order valence-corrected chi connectivity index (χ3v) is 3.65. The van der Waals surface area contributed by atoms with E-state index in [-0.39, 0.29) is 5.82 Å². The molecule has 18 heavy (non-hydrogen) atoms. The number of hydrogen-bond acceptors (Lipinski definition) is 5. The maximum atomic E-state index is 10.9. The molecule has 0 spiro atoms. The minimum Gasteiger partial charge on any atom is -0.363 e. The molecule has 0 aliphatic carbocycles. The number of hydrogen-bond donors (Lipinski definition) is 1. The van der Waals surface area contributed by atoms with Crippen LogP contribution in [0.3, 0.4) is 0 Å². The van der Waals surface area contributed by atoms with Crippen molar-refractivity contribution >= 4 is 11.6 Å². The highest BCUT2D eigenvalue weighted by atomic mass is 16.6. The van der Waals surface area contributed by atoms with Gasteiger partial charge in [0.25, 0.3) is 0 Å². The summed E-state index contributed by atoms with van der Waals surface area (Å²) >= 11 is 0. The van der Waals surface area contributed by atoms with Crippen LogP contribution in [-0.4, -0.2) is 45.6 Å². The Morgan fingerprint density at radius 1 is 1.56 bits per heavy atom. The van der Waals surface area contributed by atoms with Crippen molar-refractivity contribution in [3.63, 3.8) is 0 Å². The first-order chi connectivity index (χ1) is 8.50. The first-order valence-corrected chi connectivity index (χ1v) is 6.12. The van der Waals surface area contributed by atoms with Crippen LogP contribution in [0, 0.1) is 17.0 Å². The molecule has 1 aliphatic heterocycles. The standard InChI is InChI=1S/C11H19N5O2/c1-8-13-11(16(17)18)10(15(8)3)12-7-9-5-4-6-14(9)2/h9,12H,4-7H2,1-3H3. The lowest BCUT2D eigenvalue weighted by molar-refractivity contribution is -0.388. The molecule has 2 rings (SSSR count). The monoisotopic (exact) mass is 253 g/mol. The van der Waals surface area contributed by atoms with Gasteiger partial charge in [0.15, 0.2) is 0 Å². The first kappa shape index (κ1) is 12.8. The fourth-order valence-electron chi connectivity index (χ4n) is 2.37. The van der Waals surface area contributed by atoms with Crippen LogP contribution in [0.15, 0.2) is 0 Å². The number of aryl methyl sites for hydroxylation is 1. The molecule has 100 valence electrons. The van der Waals surface area contributed by atoms with E-state index in [9.17, 15) is 10.1 Å². The molecular formula is C11H19N5O2. The Kier molecular flexibility index (Phi) is 3.51. The van der Waals surface area contributed by atoms with Gasteiger partial charge in [-0.15, -0.1) is 0 Å². The highest BCUT2D eigenvalue weighted by molar-refractivity contribution is 5.53. The maximum Gasteiger partial charge on any atom is 0.406 e. The molecule has 1 aliphatic rings. The van der Waals surface area contributed by atoms with Crippen molar-refractivity contribution in [2.75, 3.05) is 25.5 Å². The molecular weight excluding hydrogens is 234 g/mol. The van der Waals surface area contributed by atoms with E-state index < -0.39 is 4.92 Å². The smallest absolute Gasteiger partial charge is 0.363 e. The second-order valence-electron chi connectivity index (χ2n) is 4.80. The Morgan fingerprint density at radius 2 is 2.28 bits per heavy atom. The van der Waals surface area contributed by atoms with Gasteiger partial charge in [-0.25, -0.2) is 0 Å². The molecule has 1 N–H and O–H groups in total. The van der Waals surface area contributed by atoms with Crippen molar-refractivity contribution in [2.45, 2.75) is 25.8 Å². The van der Waals surface area contributed by atoms with Crippen molar-refractivity contribution in [1.29, 1.82) is 0 Å². The van der Waals surface area contributed by atoms with Gasteiger partial charge < -0.3 is 20.3 Å². The van der Waals surface area contributed by atoms with Gasteiger partial charge in [0.1, 0.15) is 0 Å². The van der Waals surface area contributed by atoms with Crippen LogP contribution >= 0.6 is 0 Å². The molecule has 2 heterocycles. The molecule has 0 aromatic carbocycles. The molecule has 1 aromatic rings. The number of rotatable bonds is 4. The van der Waals surface area contributed by atoms with Crippen molar-refractivity contribution in [1.82, 2.24) is 14.5 Å². The number of imidazole rings is 1. The predicted octanol–water partition coefficient (Wildman–Crippen LogP) is 1.14. The summed E-state index contributed by atoms with van der Waals surface area (Å²) in [7, 11) is 3.87. The van der Waals surface area contributed by atoms with Crippen LogP contribution in [0.5, 0.6) is 0 Å². The van der Waals surface area contributed by atoms with Crippen LogP contribution in [0.2, 0.25) is 0 Å². The number of anilines is 1. The molecule has 1 saturated heterocycles. The van der Waals surface area contributed by atoms with Gasteiger partial charge in [-0.2, -0.15) is 0 Å². The van der Waals surface area contributed by atoms with Crippen LogP contribution in [0.25, 0.3) is 0 Å². The van der Waals surface area contributed by atoms with Crippen LogP contribution in [-0.2, 0) is 7.05 Å². The van der Waals surface area contributed by atoms with Gasteiger partial charge in [-0.3, -0.25) is 4.57 Å². The molecule has 1 unspecified atom stereocenters. The maximum absolute atomic E-state index is 10.9. The van der Waals surface area contributed by atoms with Crippen molar-refractivity contribution < 1.29 is 4.92 Å². The largest absolute Gasteiger partial charge is 0.406 e. The lowest BCUT2D eigenvalue weighted by Crippen LogP contribution is -2.32. The van der Waals surface area contributed by atoms with Crippen LogP contribution in [0.4, 0.5) is 11.6 Å². The number of aromatic nitrogens is 2. The molecule has 0 bridgehead atoms. The number of likely N-dealkylation sites (N-methyl/N-ethyl adjacent to an activating group) is 1. The minimum atomic E-state index is -0.437. The summed E-state index contributed by atoms with van der Waals surface area (Å²) in [4.78, 5) is 16.7. The van der Waals surface area contributed by atoms with E-state index >= 15 is 0 Å². The van der Waals surface area contributed by atoms with E-state index in [2.05, 4.69) is 22.2 Å². The van der Waals surface area contributed by atoms with Crippen molar-refractivity contribution in [2.24, 2.45) is 7.05 Å². The van der Waals surface area contributed by atoms with E-state index in [0.29, 0.717) is 17.7 Å². The number of nitrogens with zero attached hydrogens (tertiary/aromatic N) is 4. The third kappa shape index (κ3) is 2.31. The fraction of sp³-hybridized carbons (Fsp3) is 0.727. The highest BCUT2D eigenvalue weighted by Crippen LogP contribution is 2.24. The summed E-state index contributed by atoms with van der Waals surface area (Å²) < 4.78 is 1.73. The van der Waals surface area contributed by atoms with Crippen LogP contribution < -0.4 is 5.32 Å². The van der Waals surface area contributed by atoms with Gasteiger partial charge in [0.2, 0.25) is 11.6 Å². The summed E-state index contributed by atoms with van der Waals surface area (Å²) in [6.07, 6.45) is 2.32. The van der Waals surface area contributed by atoms with E-state index in [4.69, 9.17) is 0 Å². The molecule has 7 heteroatoms. The lowest BCUT2D eigenvalue weighted by Gasteiger charge is -2.20. The zero-order valence-electron chi connectivity index (χ0n) is 11.0. The quantitative estimate of drug-likeness (QED) is 0.643. The van der Waals surface area contributed by atoms with Gasteiger partial charge in [0, 0.05) is 26.6 Å². The van der Waals surface area contributed by atoms with E-state index in [1.54, 1.807) is 18.5 Å². The zero-order chi connectivity index (χ0) is 13.3. The molecule has 0 saturated carbocycles. The summed E-state index contributed by atoms with van der Waals surface area (Å²) in [5.41, 5.74) is 0. The third-order valence-electron chi connectivity index (χ3n) is 3.65. The zero-order valence-corrected chi connectivity index (χ0v) is 11.0. The summed E-state index contributed by atoms with van der Waals surface area (Å²) in [6.45, 7) is 3.58. The first-order valence-electron chi connectivity index (χ1n) is 6.12. The number of nitrogens with one attached hydrogen (secondary N) is 1. The van der Waals surface area contributed by atoms with Crippen LogP contribution in [0.1, 0.15) is 18.7 Å². The number of nitro groups is 1. The normalized spacial score (nSPS) is 20.3. The average molecular weight is 253 g/mol. The van der Waals surface area contributed by atoms with Crippen molar-refractivity contribution in [3.8, 4) is 0 Å². The molecule has 7 nitrogen and oxygen atoms in total.